The van der Waals surface area contributed by atoms with Crippen LogP contribution < -0.4 is 4.74 Å². The molecular weight excluding hydrogens is 226 g/mol. The van der Waals surface area contributed by atoms with E-state index in [9.17, 15) is 5.11 Å². The molecule has 1 aromatic carbocycles. The fourth-order valence-corrected chi connectivity index (χ4v) is 1.98. The number of aromatic nitrogens is 1. The predicted octanol–water partition coefficient (Wildman–Crippen LogP) is 2.79. The first-order chi connectivity index (χ1) is 8.61. The molecule has 18 heavy (non-hydrogen) atoms. The molecule has 0 aliphatic heterocycles. The van der Waals surface area contributed by atoms with E-state index in [1.807, 2.05) is 44.2 Å². The van der Waals surface area contributed by atoms with Crippen LogP contribution in [0.15, 0.2) is 36.5 Å². The van der Waals surface area contributed by atoms with E-state index in [1.165, 1.54) is 0 Å². The molecule has 0 bridgehead atoms. The highest BCUT2D eigenvalue weighted by Crippen LogP contribution is 2.30. The first kappa shape index (κ1) is 12.6. The van der Waals surface area contributed by atoms with E-state index in [4.69, 9.17) is 4.74 Å². The van der Waals surface area contributed by atoms with Crippen molar-refractivity contribution in [2.75, 3.05) is 7.11 Å². The molecular formula is C15H17NO2. The largest absolute Gasteiger partial charge is 0.496 e. The molecule has 0 aliphatic rings. The van der Waals surface area contributed by atoms with E-state index >= 15 is 0 Å². The molecule has 0 saturated carbocycles. The zero-order valence-electron chi connectivity index (χ0n) is 10.8. The van der Waals surface area contributed by atoms with Gasteiger partial charge in [-0.15, -0.1) is 0 Å². The van der Waals surface area contributed by atoms with Crippen molar-refractivity contribution in [3.63, 3.8) is 0 Å². The summed E-state index contributed by atoms with van der Waals surface area (Å²) in [6.07, 6.45) is 1.01. The summed E-state index contributed by atoms with van der Waals surface area (Å²) in [7, 11) is 1.61. The van der Waals surface area contributed by atoms with Gasteiger partial charge < -0.3 is 9.84 Å². The number of aryl methyl sites for hydroxylation is 2. The smallest absolute Gasteiger partial charge is 0.125 e. The zero-order chi connectivity index (χ0) is 13.1. The van der Waals surface area contributed by atoms with Crippen LogP contribution in [0.3, 0.4) is 0 Å². The summed E-state index contributed by atoms with van der Waals surface area (Å²) in [5, 5.41) is 10.4. The molecule has 0 radical (unpaired) electrons. The number of nitrogens with zero attached hydrogens (tertiary/aromatic N) is 1. The van der Waals surface area contributed by atoms with Crippen molar-refractivity contribution in [1.29, 1.82) is 0 Å². The number of rotatable bonds is 3. The molecule has 1 heterocycles. The molecule has 0 spiro atoms. The lowest BCUT2D eigenvalue weighted by Gasteiger charge is -2.16. The summed E-state index contributed by atoms with van der Waals surface area (Å²) in [5.74, 6) is 0.697. The predicted molar refractivity (Wildman–Crippen MR) is 70.8 cm³/mol. The molecule has 1 atom stereocenters. The summed E-state index contributed by atoms with van der Waals surface area (Å²) < 4.78 is 5.30. The van der Waals surface area contributed by atoms with Crippen LogP contribution in [0.1, 0.15) is 28.5 Å². The highest BCUT2D eigenvalue weighted by atomic mass is 16.5. The van der Waals surface area contributed by atoms with Gasteiger partial charge >= 0.3 is 0 Å². The van der Waals surface area contributed by atoms with E-state index in [0.29, 0.717) is 5.75 Å². The van der Waals surface area contributed by atoms with Crippen molar-refractivity contribution in [3.05, 3.63) is 58.9 Å². The van der Waals surface area contributed by atoms with Crippen LogP contribution in [0.2, 0.25) is 0 Å². The SMILES string of the molecule is COc1ccc(C)cc1C(O)c1ccnc(C)c1. The van der Waals surface area contributed by atoms with Gasteiger partial charge in [-0.05, 0) is 43.7 Å². The molecule has 0 aliphatic carbocycles. The van der Waals surface area contributed by atoms with Gasteiger partial charge in [0.15, 0.2) is 0 Å². The fourth-order valence-electron chi connectivity index (χ4n) is 1.98. The minimum atomic E-state index is -0.693. The molecule has 94 valence electrons. The van der Waals surface area contributed by atoms with Gasteiger partial charge in [-0.3, -0.25) is 4.98 Å². The molecule has 0 fully saturated rings. The normalized spacial score (nSPS) is 12.2. The number of aliphatic hydroxyl groups is 1. The maximum Gasteiger partial charge on any atom is 0.125 e. The van der Waals surface area contributed by atoms with E-state index < -0.39 is 6.10 Å². The minimum Gasteiger partial charge on any atom is -0.496 e. The number of hydrogen-bond donors (Lipinski definition) is 1. The quantitative estimate of drug-likeness (QED) is 0.901. The lowest BCUT2D eigenvalue weighted by molar-refractivity contribution is 0.214. The molecule has 3 heteroatoms. The van der Waals surface area contributed by atoms with Crippen LogP contribution in [-0.4, -0.2) is 17.2 Å². The number of ether oxygens (including phenoxy) is 1. The van der Waals surface area contributed by atoms with Crippen LogP contribution in [0, 0.1) is 13.8 Å². The third-order valence-corrected chi connectivity index (χ3v) is 2.92. The Kier molecular flexibility index (Phi) is 3.63. The van der Waals surface area contributed by atoms with Gasteiger partial charge in [-0.25, -0.2) is 0 Å². The van der Waals surface area contributed by atoms with Gasteiger partial charge in [0.25, 0.3) is 0 Å². The maximum absolute atomic E-state index is 10.4. The van der Waals surface area contributed by atoms with Gasteiger partial charge in [0.1, 0.15) is 11.9 Å². The molecule has 3 nitrogen and oxygen atoms in total. The summed E-state index contributed by atoms with van der Waals surface area (Å²) >= 11 is 0. The summed E-state index contributed by atoms with van der Waals surface area (Å²) in [4.78, 5) is 4.13. The van der Waals surface area contributed by atoms with Crippen LogP contribution in [0.5, 0.6) is 5.75 Å². The fraction of sp³-hybridized carbons (Fsp3) is 0.267. The first-order valence-corrected chi connectivity index (χ1v) is 5.87. The Bertz CT molecular complexity index is 552. The second kappa shape index (κ2) is 5.19. The number of aliphatic hydroxyl groups excluding tert-OH is 1. The molecule has 1 aromatic heterocycles. The number of methoxy groups -OCH3 is 1. The molecule has 0 saturated heterocycles. The topological polar surface area (TPSA) is 42.4 Å². The summed E-state index contributed by atoms with van der Waals surface area (Å²) in [5.41, 5.74) is 3.59. The third kappa shape index (κ3) is 2.51. The van der Waals surface area contributed by atoms with Crippen molar-refractivity contribution >= 4 is 0 Å². The molecule has 2 rings (SSSR count). The van der Waals surface area contributed by atoms with Crippen LogP contribution in [0.4, 0.5) is 0 Å². The van der Waals surface area contributed by atoms with Gasteiger partial charge in [0, 0.05) is 17.5 Å². The molecule has 2 aromatic rings. The second-order valence-corrected chi connectivity index (χ2v) is 4.38. The minimum absolute atomic E-state index is 0.693. The summed E-state index contributed by atoms with van der Waals surface area (Å²) in [6, 6.07) is 9.49. The number of hydrogen-bond acceptors (Lipinski definition) is 3. The van der Waals surface area contributed by atoms with Gasteiger partial charge in [-0.2, -0.15) is 0 Å². The Morgan fingerprint density at radius 1 is 1.17 bits per heavy atom. The van der Waals surface area contributed by atoms with Crippen molar-refractivity contribution in [2.45, 2.75) is 20.0 Å². The Balaban J connectivity index is 2.44. The van der Waals surface area contributed by atoms with Gasteiger partial charge in [0.05, 0.1) is 7.11 Å². The van der Waals surface area contributed by atoms with Crippen molar-refractivity contribution in [1.82, 2.24) is 4.98 Å². The molecule has 1 unspecified atom stereocenters. The highest BCUT2D eigenvalue weighted by molar-refractivity contribution is 5.42. The average Bonchev–Trinajstić information content (AvgIpc) is 2.38. The van der Waals surface area contributed by atoms with Crippen LogP contribution >= 0.6 is 0 Å². The van der Waals surface area contributed by atoms with E-state index in [-0.39, 0.29) is 0 Å². The maximum atomic E-state index is 10.4. The van der Waals surface area contributed by atoms with Gasteiger partial charge in [-0.1, -0.05) is 11.6 Å². The number of pyridine rings is 1. The molecule has 0 amide bonds. The highest BCUT2D eigenvalue weighted by Gasteiger charge is 2.15. The lowest BCUT2D eigenvalue weighted by atomic mass is 9.99. The van der Waals surface area contributed by atoms with E-state index in [2.05, 4.69) is 4.98 Å². The Labute approximate surface area is 107 Å². The monoisotopic (exact) mass is 243 g/mol. The summed E-state index contributed by atoms with van der Waals surface area (Å²) in [6.45, 7) is 3.90. The Morgan fingerprint density at radius 2 is 1.94 bits per heavy atom. The standard InChI is InChI=1S/C15H17NO2/c1-10-4-5-14(18-3)13(8-10)15(17)12-6-7-16-11(2)9-12/h4-9,15,17H,1-3H3. The van der Waals surface area contributed by atoms with Gasteiger partial charge in [0.2, 0.25) is 0 Å². The Hall–Kier alpha value is -1.87. The lowest BCUT2D eigenvalue weighted by Crippen LogP contribution is -2.03. The molecule has 1 N–H and O–H groups in total. The van der Waals surface area contributed by atoms with Crippen molar-refractivity contribution in [2.24, 2.45) is 0 Å². The van der Waals surface area contributed by atoms with E-state index in [1.54, 1.807) is 13.3 Å². The van der Waals surface area contributed by atoms with Crippen LogP contribution in [-0.2, 0) is 0 Å². The first-order valence-electron chi connectivity index (χ1n) is 5.87. The van der Waals surface area contributed by atoms with Crippen LogP contribution in [0.25, 0.3) is 0 Å². The Morgan fingerprint density at radius 3 is 2.61 bits per heavy atom. The second-order valence-electron chi connectivity index (χ2n) is 4.38. The van der Waals surface area contributed by atoms with Crippen molar-refractivity contribution in [3.8, 4) is 5.75 Å². The third-order valence-electron chi connectivity index (χ3n) is 2.92. The number of benzene rings is 1. The average molecular weight is 243 g/mol. The van der Waals surface area contributed by atoms with E-state index in [0.717, 1.165) is 22.4 Å². The zero-order valence-corrected chi connectivity index (χ0v) is 10.8. The van der Waals surface area contributed by atoms with Crippen molar-refractivity contribution < 1.29 is 9.84 Å².